The molecule has 0 unspecified atom stereocenters. The van der Waals surface area contributed by atoms with Crippen molar-refractivity contribution in [2.24, 2.45) is 5.41 Å². The summed E-state index contributed by atoms with van der Waals surface area (Å²) in [4.78, 5) is 15.7. The zero-order valence-corrected chi connectivity index (χ0v) is 14.9. The molecule has 2 aliphatic rings. The van der Waals surface area contributed by atoms with Gasteiger partial charge in [-0.25, -0.2) is 0 Å². The number of rotatable bonds is 4. The molecule has 2 fully saturated rings. The van der Waals surface area contributed by atoms with Gasteiger partial charge in [0, 0.05) is 17.5 Å². The van der Waals surface area contributed by atoms with Gasteiger partial charge in [-0.1, -0.05) is 41.9 Å². The number of carbonyl (C=O) groups excluding carboxylic acids is 1. The second kappa shape index (κ2) is 6.17. The molecule has 4 rings (SSSR count). The molecule has 3 nitrogen and oxygen atoms in total. The van der Waals surface area contributed by atoms with Crippen molar-refractivity contribution in [3.8, 4) is 0 Å². The number of fused-ring (bicyclic) bond motifs is 2. The molecule has 2 aromatic rings. The molecule has 2 bridgehead atoms. The van der Waals surface area contributed by atoms with E-state index in [9.17, 15) is 9.90 Å². The van der Waals surface area contributed by atoms with Gasteiger partial charge in [0.15, 0.2) is 0 Å². The van der Waals surface area contributed by atoms with Crippen LogP contribution in [-0.2, 0) is 6.42 Å². The lowest BCUT2D eigenvalue weighted by molar-refractivity contribution is 0.0575. The predicted molar refractivity (Wildman–Crippen MR) is 96.6 cm³/mol. The first-order valence-electron chi connectivity index (χ1n) is 8.35. The summed E-state index contributed by atoms with van der Waals surface area (Å²) in [7, 11) is 0. The van der Waals surface area contributed by atoms with Crippen LogP contribution in [0.5, 0.6) is 0 Å². The summed E-state index contributed by atoms with van der Waals surface area (Å²) in [5.74, 6) is 0.0332. The third-order valence-corrected chi connectivity index (χ3v) is 6.94. The number of amides is 1. The van der Waals surface area contributed by atoms with E-state index < -0.39 is 0 Å². The van der Waals surface area contributed by atoms with E-state index in [2.05, 4.69) is 12.1 Å². The second-order valence-electron chi connectivity index (χ2n) is 6.94. The number of hydrogen-bond acceptors (Lipinski definition) is 3. The molecule has 0 aliphatic carbocycles. The maximum Gasteiger partial charge on any atom is 0.265 e. The molecule has 0 spiro atoms. The van der Waals surface area contributed by atoms with Gasteiger partial charge in [-0.2, -0.15) is 0 Å². The first-order valence-corrected chi connectivity index (χ1v) is 9.61. The first kappa shape index (κ1) is 16.1. The molecule has 3 heterocycles. The Kier molecular flexibility index (Phi) is 4.15. The van der Waals surface area contributed by atoms with Crippen LogP contribution in [0, 0.1) is 5.41 Å². The molecule has 1 aromatic heterocycles. The minimum Gasteiger partial charge on any atom is -0.396 e. The number of carbonyl (C=O) groups is 1. The number of benzene rings is 1. The Balaban J connectivity index is 1.63. The van der Waals surface area contributed by atoms with Crippen LogP contribution in [0.25, 0.3) is 0 Å². The molecule has 24 heavy (non-hydrogen) atoms. The van der Waals surface area contributed by atoms with E-state index in [0.717, 1.165) is 25.7 Å². The summed E-state index contributed by atoms with van der Waals surface area (Å²) < 4.78 is 0. The molecule has 2 aliphatic heterocycles. The van der Waals surface area contributed by atoms with Crippen molar-refractivity contribution in [3.05, 3.63) is 57.2 Å². The van der Waals surface area contributed by atoms with Crippen LogP contribution in [0.15, 0.2) is 41.8 Å². The highest BCUT2D eigenvalue weighted by molar-refractivity contribution is 7.12. The molecule has 126 valence electrons. The van der Waals surface area contributed by atoms with Crippen molar-refractivity contribution < 1.29 is 9.90 Å². The Morgan fingerprint density at radius 2 is 2.08 bits per heavy atom. The zero-order chi connectivity index (χ0) is 16.7. The van der Waals surface area contributed by atoms with Crippen LogP contribution >= 0.6 is 22.9 Å². The lowest BCUT2D eigenvalue weighted by Crippen LogP contribution is -2.43. The molecule has 2 saturated heterocycles. The number of aliphatic hydroxyl groups excluding tert-OH is 1. The highest BCUT2D eigenvalue weighted by Gasteiger charge is 2.57. The summed E-state index contributed by atoms with van der Waals surface area (Å²) in [5, 5.41) is 12.6. The van der Waals surface area contributed by atoms with Gasteiger partial charge in [0.25, 0.3) is 5.91 Å². The van der Waals surface area contributed by atoms with Crippen LogP contribution in [0.3, 0.4) is 0 Å². The average molecular weight is 362 g/mol. The second-order valence-corrected chi connectivity index (χ2v) is 8.27. The van der Waals surface area contributed by atoms with E-state index in [1.807, 2.05) is 28.5 Å². The third-order valence-electron chi connectivity index (χ3n) is 5.61. The largest absolute Gasteiger partial charge is 0.396 e. The molecule has 3 atom stereocenters. The van der Waals surface area contributed by atoms with E-state index in [-0.39, 0.29) is 30.0 Å². The van der Waals surface area contributed by atoms with Crippen LogP contribution in [0.4, 0.5) is 0 Å². The summed E-state index contributed by atoms with van der Waals surface area (Å²) in [6.07, 6.45) is 3.67. The van der Waals surface area contributed by atoms with Crippen LogP contribution in [0.2, 0.25) is 5.02 Å². The first-order chi connectivity index (χ1) is 11.6. The smallest absolute Gasteiger partial charge is 0.265 e. The van der Waals surface area contributed by atoms with E-state index in [4.69, 9.17) is 11.6 Å². The number of halogens is 1. The lowest BCUT2D eigenvalue weighted by atomic mass is 9.70. The molecule has 0 saturated carbocycles. The third kappa shape index (κ3) is 2.48. The highest BCUT2D eigenvalue weighted by atomic mass is 35.5. The monoisotopic (exact) mass is 361 g/mol. The average Bonchev–Trinajstić information content (AvgIpc) is 3.28. The maximum absolute atomic E-state index is 13.0. The molecule has 1 aromatic carbocycles. The molecule has 1 amide bonds. The highest BCUT2D eigenvalue weighted by Crippen LogP contribution is 2.52. The van der Waals surface area contributed by atoms with Crippen molar-refractivity contribution in [3.63, 3.8) is 0 Å². The molecule has 0 radical (unpaired) electrons. The fourth-order valence-electron chi connectivity index (χ4n) is 4.58. The van der Waals surface area contributed by atoms with Gasteiger partial charge in [0.1, 0.15) is 4.88 Å². The van der Waals surface area contributed by atoms with Crippen LogP contribution in [0.1, 0.15) is 34.5 Å². The van der Waals surface area contributed by atoms with Crippen molar-refractivity contribution in [2.75, 3.05) is 6.61 Å². The van der Waals surface area contributed by atoms with Gasteiger partial charge in [0.2, 0.25) is 0 Å². The minimum atomic E-state index is -0.232. The van der Waals surface area contributed by atoms with E-state index in [1.165, 1.54) is 16.9 Å². The van der Waals surface area contributed by atoms with Crippen LogP contribution < -0.4 is 0 Å². The normalized spacial score (nSPS) is 28.5. The van der Waals surface area contributed by atoms with Crippen LogP contribution in [-0.4, -0.2) is 34.6 Å². The van der Waals surface area contributed by atoms with Gasteiger partial charge in [0.05, 0.1) is 11.6 Å². The molecule has 5 heteroatoms. The van der Waals surface area contributed by atoms with Crippen molar-refractivity contribution in [1.82, 2.24) is 4.90 Å². The lowest BCUT2D eigenvalue weighted by Gasteiger charge is -2.36. The van der Waals surface area contributed by atoms with Crippen molar-refractivity contribution >= 4 is 28.8 Å². The van der Waals surface area contributed by atoms with E-state index >= 15 is 0 Å². The standard InChI is InChI=1S/C19H20ClNO2S/c20-15-8-9-24-17(15)18(23)21-14-6-7-16(21)19(11-14,12-22)10-13-4-2-1-3-5-13/h1-5,8-9,14,16,22H,6-7,10-12H2/t14-,16+,19-/m0/s1. The fraction of sp³-hybridized carbons (Fsp3) is 0.421. The fourth-order valence-corrected chi connectivity index (χ4v) is 5.66. The Morgan fingerprint density at radius 3 is 2.75 bits per heavy atom. The van der Waals surface area contributed by atoms with Gasteiger partial charge in [-0.05, 0) is 42.7 Å². The summed E-state index contributed by atoms with van der Waals surface area (Å²) in [6, 6.07) is 12.4. The van der Waals surface area contributed by atoms with Crippen molar-refractivity contribution in [2.45, 2.75) is 37.8 Å². The van der Waals surface area contributed by atoms with E-state index in [0.29, 0.717) is 9.90 Å². The SMILES string of the molecule is O=C(c1sccc1Cl)N1[C@H]2CC[C@@H]1[C@@](CO)(Cc1ccccc1)C2. The number of aliphatic hydroxyl groups is 1. The topological polar surface area (TPSA) is 40.5 Å². The number of hydrogen-bond donors (Lipinski definition) is 1. The Hall–Kier alpha value is -1.36. The van der Waals surface area contributed by atoms with Gasteiger partial charge in [-0.3, -0.25) is 4.79 Å². The summed E-state index contributed by atoms with van der Waals surface area (Å²) >= 11 is 7.58. The summed E-state index contributed by atoms with van der Waals surface area (Å²) in [6.45, 7) is 0.116. The summed E-state index contributed by atoms with van der Waals surface area (Å²) in [5.41, 5.74) is 0.990. The number of nitrogens with zero attached hydrogens (tertiary/aromatic N) is 1. The number of thiophene rings is 1. The Morgan fingerprint density at radius 1 is 1.29 bits per heavy atom. The van der Waals surface area contributed by atoms with Gasteiger partial charge < -0.3 is 10.0 Å². The van der Waals surface area contributed by atoms with Crippen molar-refractivity contribution in [1.29, 1.82) is 0 Å². The van der Waals surface area contributed by atoms with Gasteiger partial charge in [-0.15, -0.1) is 11.3 Å². The Bertz CT molecular complexity index is 747. The van der Waals surface area contributed by atoms with Gasteiger partial charge >= 0.3 is 0 Å². The minimum absolute atomic E-state index is 0.0332. The quantitative estimate of drug-likeness (QED) is 0.894. The molecular weight excluding hydrogens is 342 g/mol. The zero-order valence-electron chi connectivity index (χ0n) is 13.3. The Labute approximate surface area is 150 Å². The maximum atomic E-state index is 13.0. The molecule has 1 N–H and O–H groups in total. The van der Waals surface area contributed by atoms with E-state index in [1.54, 1.807) is 6.07 Å². The molecular formula is C19H20ClNO2S. The predicted octanol–water partition coefficient (Wildman–Crippen LogP) is 4.00.